The third kappa shape index (κ3) is 2.01. The SMILES string of the molecule is c1cnc2n[nH]c(-c3nccn3[C@@H]3CCCN4CCC[C@H]34)c2c1. The highest BCUT2D eigenvalue weighted by atomic mass is 15.3. The summed E-state index contributed by atoms with van der Waals surface area (Å²) in [5.41, 5.74) is 1.73. The van der Waals surface area contributed by atoms with Crippen molar-refractivity contribution in [2.75, 3.05) is 13.1 Å². The smallest absolute Gasteiger partial charge is 0.181 e. The zero-order valence-corrected chi connectivity index (χ0v) is 13.0. The fourth-order valence-corrected chi connectivity index (χ4v) is 4.38. The van der Waals surface area contributed by atoms with Crippen LogP contribution in [0.3, 0.4) is 0 Å². The summed E-state index contributed by atoms with van der Waals surface area (Å²) >= 11 is 0. The van der Waals surface area contributed by atoms with Crippen LogP contribution in [0.2, 0.25) is 0 Å². The quantitative estimate of drug-likeness (QED) is 0.790. The maximum atomic E-state index is 4.64. The fourth-order valence-electron chi connectivity index (χ4n) is 4.38. The topological polar surface area (TPSA) is 62.6 Å². The molecular weight excluding hydrogens is 288 g/mol. The Labute approximate surface area is 134 Å². The number of fused-ring (bicyclic) bond motifs is 2. The molecule has 118 valence electrons. The summed E-state index contributed by atoms with van der Waals surface area (Å²) in [5, 5.41) is 8.51. The molecule has 2 saturated heterocycles. The highest BCUT2D eigenvalue weighted by molar-refractivity contribution is 5.88. The minimum atomic E-state index is 0.513. The van der Waals surface area contributed by atoms with E-state index >= 15 is 0 Å². The number of aromatic amines is 1. The van der Waals surface area contributed by atoms with E-state index in [-0.39, 0.29) is 0 Å². The van der Waals surface area contributed by atoms with Crippen molar-refractivity contribution in [3.8, 4) is 11.5 Å². The number of aromatic nitrogens is 5. The van der Waals surface area contributed by atoms with E-state index in [9.17, 15) is 0 Å². The van der Waals surface area contributed by atoms with Gasteiger partial charge in [-0.15, -0.1) is 0 Å². The molecule has 23 heavy (non-hydrogen) atoms. The van der Waals surface area contributed by atoms with E-state index < -0.39 is 0 Å². The third-order valence-corrected chi connectivity index (χ3v) is 5.38. The molecular formula is C17H20N6. The molecule has 0 unspecified atom stereocenters. The van der Waals surface area contributed by atoms with Gasteiger partial charge in [-0.1, -0.05) is 0 Å². The van der Waals surface area contributed by atoms with E-state index in [0.29, 0.717) is 12.1 Å². The summed E-state index contributed by atoms with van der Waals surface area (Å²) in [6.45, 7) is 2.50. The summed E-state index contributed by atoms with van der Waals surface area (Å²) in [6, 6.07) is 5.18. The number of imidazole rings is 1. The second kappa shape index (κ2) is 5.16. The lowest BCUT2D eigenvalue weighted by Crippen LogP contribution is -2.41. The number of rotatable bonds is 2. The van der Waals surface area contributed by atoms with Crippen LogP contribution in [0.25, 0.3) is 22.6 Å². The van der Waals surface area contributed by atoms with Crippen LogP contribution in [0.5, 0.6) is 0 Å². The Morgan fingerprint density at radius 3 is 2.83 bits per heavy atom. The van der Waals surface area contributed by atoms with Crippen molar-refractivity contribution in [1.29, 1.82) is 0 Å². The van der Waals surface area contributed by atoms with Crippen molar-refractivity contribution in [1.82, 2.24) is 29.6 Å². The van der Waals surface area contributed by atoms with Gasteiger partial charge < -0.3 is 4.57 Å². The van der Waals surface area contributed by atoms with Gasteiger partial charge in [-0.05, 0) is 50.9 Å². The zero-order valence-electron chi connectivity index (χ0n) is 13.0. The van der Waals surface area contributed by atoms with E-state index in [1.807, 2.05) is 12.3 Å². The second-order valence-electron chi connectivity index (χ2n) is 6.59. The van der Waals surface area contributed by atoms with Gasteiger partial charge in [-0.2, -0.15) is 5.10 Å². The Balaban J connectivity index is 1.60. The Morgan fingerprint density at radius 1 is 1.04 bits per heavy atom. The molecule has 2 aliphatic heterocycles. The van der Waals surface area contributed by atoms with E-state index in [0.717, 1.165) is 22.6 Å². The predicted molar refractivity (Wildman–Crippen MR) is 88.0 cm³/mol. The fraction of sp³-hybridized carbons (Fsp3) is 0.471. The van der Waals surface area contributed by atoms with Gasteiger partial charge in [0.15, 0.2) is 11.5 Å². The van der Waals surface area contributed by atoms with Crippen LogP contribution in [-0.2, 0) is 0 Å². The first kappa shape index (κ1) is 13.2. The molecule has 0 bridgehead atoms. The largest absolute Gasteiger partial charge is 0.325 e. The van der Waals surface area contributed by atoms with Crippen LogP contribution in [0.1, 0.15) is 31.7 Å². The van der Waals surface area contributed by atoms with E-state index in [4.69, 9.17) is 0 Å². The number of piperidine rings is 1. The van der Waals surface area contributed by atoms with E-state index in [1.165, 1.54) is 38.8 Å². The van der Waals surface area contributed by atoms with E-state index in [2.05, 4.69) is 41.9 Å². The molecule has 3 aromatic rings. The predicted octanol–water partition coefficient (Wildman–Crippen LogP) is 2.62. The summed E-state index contributed by atoms with van der Waals surface area (Å²) in [4.78, 5) is 11.6. The average Bonchev–Trinajstić information content (AvgIpc) is 3.32. The number of nitrogens with zero attached hydrogens (tertiary/aromatic N) is 5. The van der Waals surface area contributed by atoms with Crippen LogP contribution >= 0.6 is 0 Å². The third-order valence-electron chi connectivity index (χ3n) is 5.38. The van der Waals surface area contributed by atoms with Gasteiger partial charge in [0.05, 0.1) is 6.04 Å². The maximum Gasteiger partial charge on any atom is 0.181 e. The van der Waals surface area contributed by atoms with Gasteiger partial charge in [0.25, 0.3) is 0 Å². The molecule has 3 aromatic heterocycles. The first-order valence-electron chi connectivity index (χ1n) is 8.48. The van der Waals surface area contributed by atoms with Crippen molar-refractivity contribution < 1.29 is 0 Å². The van der Waals surface area contributed by atoms with Crippen molar-refractivity contribution in [2.45, 2.75) is 37.8 Å². The number of H-pyrrole nitrogens is 1. The normalized spacial score (nSPS) is 25.0. The Bertz CT molecular complexity index is 834. The molecule has 5 rings (SSSR count). The first-order valence-corrected chi connectivity index (χ1v) is 8.48. The summed E-state index contributed by atoms with van der Waals surface area (Å²) in [7, 11) is 0. The molecule has 0 amide bonds. The van der Waals surface area contributed by atoms with Crippen LogP contribution in [0.4, 0.5) is 0 Å². The van der Waals surface area contributed by atoms with Gasteiger partial charge in [0, 0.05) is 30.0 Å². The standard InChI is InChI=1S/C17H20N6/c1-4-12-15(20-21-16(12)18-7-1)17-19-8-11-23(17)14-6-3-10-22-9-2-5-13(14)22/h1,4,7-8,11,13-14H,2-3,5-6,9-10H2,(H,18,20,21)/t13-,14-/m1/s1. The van der Waals surface area contributed by atoms with Crippen LogP contribution in [-0.4, -0.2) is 48.8 Å². The van der Waals surface area contributed by atoms with Gasteiger partial charge >= 0.3 is 0 Å². The second-order valence-corrected chi connectivity index (χ2v) is 6.59. The highest BCUT2D eigenvalue weighted by Crippen LogP contribution is 2.37. The molecule has 6 heteroatoms. The summed E-state index contributed by atoms with van der Waals surface area (Å²) in [6.07, 6.45) is 10.9. The number of nitrogens with one attached hydrogen (secondary N) is 1. The van der Waals surface area contributed by atoms with Crippen molar-refractivity contribution in [2.24, 2.45) is 0 Å². The Hall–Kier alpha value is -2.21. The molecule has 0 aromatic carbocycles. The lowest BCUT2D eigenvalue weighted by molar-refractivity contribution is 0.139. The molecule has 0 radical (unpaired) electrons. The van der Waals surface area contributed by atoms with Gasteiger partial charge in [-0.3, -0.25) is 10.00 Å². The van der Waals surface area contributed by atoms with Crippen LogP contribution < -0.4 is 0 Å². The van der Waals surface area contributed by atoms with Gasteiger partial charge in [0.2, 0.25) is 0 Å². The monoisotopic (exact) mass is 308 g/mol. The molecule has 2 aliphatic rings. The van der Waals surface area contributed by atoms with Crippen LogP contribution in [0, 0.1) is 0 Å². The average molecular weight is 308 g/mol. The van der Waals surface area contributed by atoms with Crippen molar-refractivity contribution in [3.05, 3.63) is 30.7 Å². The lowest BCUT2D eigenvalue weighted by atomic mass is 9.96. The zero-order chi connectivity index (χ0) is 15.2. The first-order chi connectivity index (χ1) is 11.4. The van der Waals surface area contributed by atoms with Crippen LogP contribution in [0.15, 0.2) is 30.7 Å². The van der Waals surface area contributed by atoms with E-state index in [1.54, 1.807) is 6.20 Å². The molecule has 2 atom stereocenters. The molecule has 1 N–H and O–H groups in total. The minimum Gasteiger partial charge on any atom is -0.325 e. The summed E-state index contributed by atoms with van der Waals surface area (Å²) < 4.78 is 2.36. The Kier molecular flexibility index (Phi) is 2.97. The maximum absolute atomic E-state index is 4.64. The molecule has 5 heterocycles. The van der Waals surface area contributed by atoms with Gasteiger partial charge in [-0.25, -0.2) is 9.97 Å². The molecule has 6 nitrogen and oxygen atoms in total. The minimum absolute atomic E-state index is 0.513. The Morgan fingerprint density at radius 2 is 1.91 bits per heavy atom. The molecule has 0 aliphatic carbocycles. The molecule has 0 spiro atoms. The summed E-state index contributed by atoms with van der Waals surface area (Å²) in [5.74, 6) is 0.985. The lowest BCUT2D eigenvalue weighted by Gasteiger charge is -2.37. The molecule has 2 fully saturated rings. The van der Waals surface area contributed by atoms with Gasteiger partial charge in [0.1, 0.15) is 5.69 Å². The number of hydrogen-bond donors (Lipinski definition) is 1. The highest BCUT2D eigenvalue weighted by Gasteiger charge is 2.36. The van der Waals surface area contributed by atoms with Crippen molar-refractivity contribution in [3.63, 3.8) is 0 Å². The number of pyridine rings is 1. The molecule has 0 saturated carbocycles. The van der Waals surface area contributed by atoms with Crippen molar-refractivity contribution >= 4 is 11.0 Å². The number of hydrogen-bond acceptors (Lipinski definition) is 4.